The molecule has 0 bridgehead atoms. The molecule has 2 heterocycles. The van der Waals surface area contributed by atoms with E-state index < -0.39 is 5.97 Å². The molecule has 3 rings (SSSR count). The van der Waals surface area contributed by atoms with Crippen LogP contribution >= 0.6 is 0 Å². The highest BCUT2D eigenvalue weighted by Gasteiger charge is 2.22. The van der Waals surface area contributed by atoms with Gasteiger partial charge in [-0.3, -0.25) is 14.6 Å². The molecule has 0 saturated heterocycles. The molecule has 0 aliphatic rings. The van der Waals surface area contributed by atoms with Crippen molar-refractivity contribution in [1.82, 2.24) is 9.97 Å². The van der Waals surface area contributed by atoms with Gasteiger partial charge in [-0.2, -0.15) is 0 Å². The number of H-pyrrole nitrogens is 1. The Labute approximate surface area is 133 Å². The van der Waals surface area contributed by atoms with Gasteiger partial charge in [-0.15, -0.1) is 0 Å². The number of ketones is 1. The number of pyridine rings is 1. The number of carbonyl (C=O) groups is 2. The van der Waals surface area contributed by atoms with Crippen LogP contribution in [0.15, 0.2) is 36.5 Å². The first-order chi connectivity index (χ1) is 11.0. The molecular formula is C18H16N2O3. The summed E-state index contributed by atoms with van der Waals surface area (Å²) in [6.07, 6.45) is 1.58. The first-order valence-corrected chi connectivity index (χ1v) is 7.24. The van der Waals surface area contributed by atoms with Crippen LogP contribution in [-0.2, 0) is 4.79 Å². The topological polar surface area (TPSA) is 72.1 Å². The van der Waals surface area contributed by atoms with E-state index >= 15 is 0 Å². The number of aromatic nitrogens is 2. The van der Waals surface area contributed by atoms with Gasteiger partial charge in [0, 0.05) is 18.5 Å². The number of rotatable bonds is 3. The van der Waals surface area contributed by atoms with Crippen LogP contribution in [0.4, 0.5) is 0 Å². The van der Waals surface area contributed by atoms with Crippen molar-refractivity contribution in [3.63, 3.8) is 0 Å². The van der Waals surface area contributed by atoms with Crippen molar-refractivity contribution in [2.24, 2.45) is 0 Å². The average Bonchev–Trinajstić information content (AvgIpc) is 2.83. The number of carbonyl (C=O) groups excluding carboxylic acids is 2. The number of esters is 1. The lowest BCUT2D eigenvalue weighted by atomic mass is 10.1. The Bertz CT molecular complexity index is 925. The van der Waals surface area contributed by atoms with E-state index in [9.17, 15) is 9.59 Å². The number of benzene rings is 1. The maximum atomic E-state index is 12.8. The van der Waals surface area contributed by atoms with Crippen LogP contribution in [-0.4, -0.2) is 21.7 Å². The Hall–Kier alpha value is -2.95. The second-order valence-corrected chi connectivity index (χ2v) is 5.52. The molecule has 0 radical (unpaired) electrons. The Balaban J connectivity index is 2.19. The lowest BCUT2D eigenvalue weighted by Crippen LogP contribution is -2.09. The minimum absolute atomic E-state index is 0.235. The number of ether oxygens (including phenoxy) is 1. The van der Waals surface area contributed by atoms with E-state index in [-0.39, 0.29) is 17.2 Å². The average molecular weight is 308 g/mol. The van der Waals surface area contributed by atoms with Gasteiger partial charge in [-0.05, 0) is 49.2 Å². The van der Waals surface area contributed by atoms with Gasteiger partial charge in [-0.25, -0.2) is 0 Å². The molecule has 3 aromatic rings. The maximum absolute atomic E-state index is 12.8. The molecule has 0 fully saturated rings. The van der Waals surface area contributed by atoms with Crippen molar-refractivity contribution in [3.8, 4) is 5.75 Å². The van der Waals surface area contributed by atoms with E-state index in [1.54, 1.807) is 12.3 Å². The van der Waals surface area contributed by atoms with Crippen molar-refractivity contribution in [1.29, 1.82) is 0 Å². The molecule has 0 amide bonds. The number of nitrogens with zero attached hydrogens (tertiary/aromatic N) is 1. The molecule has 5 heteroatoms. The highest BCUT2D eigenvalue weighted by molar-refractivity contribution is 6.12. The van der Waals surface area contributed by atoms with Crippen LogP contribution in [0.25, 0.3) is 10.9 Å². The predicted octanol–water partition coefficient (Wildman–Crippen LogP) is 3.34. The Morgan fingerprint density at radius 3 is 2.52 bits per heavy atom. The van der Waals surface area contributed by atoms with Crippen LogP contribution in [0, 0.1) is 13.8 Å². The van der Waals surface area contributed by atoms with E-state index in [1.807, 2.05) is 38.1 Å². The fraction of sp³-hybridized carbons (Fsp3) is 0.167. The lowest BCUT2D eigenvalue weighted by Gasteiger charge is -2.04. The third-order valence-electron chi connectivity index (χ3n) is 3.53. The van der Waals surface area contributed by atoms with E-state index in [4.69, 9.17) is 4.74 Å². The molecule has 0 saturated carbocycles. The number of hydrogen-bond donors (Lipinski definition) is 1. The largest absolute Gasteiger partial charge is 0.424 e. The van der Waals surface area contributed by atoms with Crippen LogP contribution in [0.1, 0.15) is 34.2 Å². The minimum atomic E-state index is -0.474. The van der Waals surface area contributed by atoms with Crippen LogP contribution in [0.3, 0.4) is 0 Å². The Morgan fingerprint density at radius 2 is 1.83 bits per heavy atom. The van der Waals surface area contributed by atoms with Gasteiger partial charge < -0.3 is 9.72 Å². The predicted molar refractivity (Wildman–Crippen MR) is 86.8 cm³/mol. The van der Waals surface area contributed by atoms with Crippen molar-refractivity contribution < 1.29 is 14.3 Å². The van der Waals surface area contributed by atoms with Gasteiger partial charge in [0.25, 0.3) is 0 Å². The van der Waals surface area contributed by atoms with Crippen molar-refractivity contribution in [3.05, 3.63) is 59.0 Å². The fourth-order valence-electron chi connectivity index (χ4n) is 2.48. The smallest absolute Gasteiger partial charge is 0.308 e. The van der Waals surface area contributed by atoms with Gasteiger partial charge in [0.2, 0.25) is 5.78 Å². The minimum Gasteiger partial charge on any atom is -0.424 e. The standard InChI is InChI=1S/C18H16N2O3/c1-10-4-5-13-14(8-10)20-16(18(13)23-12(3)21)17(22)15-9-11(2)6-7-19-15/h4-9,20H,1-3H3. The van der Waals surface area contributed by atoms with Gasteiger partial charge in [-0.1, -0.05) is 6.07 Å². The van der Waals surface area contributed by atoms with Gasteiger partial charge in [0.15, 0.2) is 5.75 Å². The summed E-state index contributed by atoms with van der Waals surface area (Å²) in [6.45, 7) is 5.15. The molecular weight excluding hydrogens is 292 g/mol. The van der Waals surface area contributed by atoms with E-state index in [0.717, 1.165) is 16.6 Å². The summed E-state index contributed by atoms with van der Waals surface area (Å²) in [4.78, 5) is 31.4. The number of aryl methyl sites for hydroxylation is 2. The molecule has 0 aliphatic heterocycles. The normalized spacial score (nSPS) is 10.7. The quantitative estimate of drug-likeness (QED) is 0.595. The molecule has 1 N–H and O–H groups in total. The number of fused-ring (bicyclic) bond motifs is 1. The van der Waals surface area contributed by atoms with Gasteiger partial charge in [0.1, 0.15) is 11.4 Å². The first kappa shape index (κ1) is 15.0. The number of aromatic amines is 1. The van der Waals surface area contributed by atoms with Crippen molar-refractivity contribution in [2.75, 3.05) is 0 Å². The number of hydrogen-bond acceptors (Lipinski definition) is 4. The summed E-state index contributed by atoms with van der Waals surface area (Å²) in [5.74, 6) is -0.530. The summed E-state index contributed by atoms with van der Waals surface area (Å²) in [7, 11) is 0. The van der Waals surface area contributed by atoms with Crippen LogP contribution in [0.2, 0.25) is 0 Å². The van der Waals surface area contributed by atoms with E-state index in [2.05, 4.69) is 9.97 Å². The highest BCUT2D eigenvalue weighted by Crippen LogP contribution is 2.32. The SMILES string of the molecule is CC(=O)Oc1c(C(=O)c2cc(C)ccn2)[nH]c2cc(C)ccc12. The number of nitrogens with one attached hydrogen (secondary N) is 1. The molecule has 5 nitrogen and oxygen atoms in total. The van der Waals surface area contributed by atoms with Crippen LogP contribution < -0.4 is 4.74 Å². The summed E-state index contributed by atoms with van der Waals surface area (Å²) < 4.78 is 5.29. The highest BCUT2D eigenvalue weighted by atomic mass is 16.5. The zero-order valence-corrected chi connectivity index (χ0v) is 13.1. The summed E-state index contributed by atoms with van der Waals surface area (Å²) >= 11 is 0. The summed E-state index contributed by atoms with van der Waals surface area (Å²) in [6, 6.07) is 9.17. The van der Waals surface area contributed by atoms with Crippen molar-refractivity contribution in [2.45, 2.75) is 20.8 Å². The molecule has 2 aromatic heterocycles. The van der Waals surface area contributed by atoms with Gasteiger partial charge in [0.05, 0.1) is 5.52 Å². The zero-order chi connectivity index (χ0) is 16.6. The van der Waals surface area contributed by atoms with Crippen LogP contribution in [0.5, 0.6) is 5.75 Å². The summed E-state index contributed by atoms with van der Waals surface area (Å²) in [5, 5.41) is 0.696. The van der Waals surface area contributed by atoms with Gasteiger partial charge >= 0.3 is 5.97 Å². The lowest BCUT2D eigenvalue weighted by molar-refractivity contribution is -0.131. The first-order valence-electron chi connectivity index (χ1n) is 7.24. The van der Waals surface area contributed by atoms with Crippen molar-refractivity contribution >= 4 is 22.7 Å². The molecule has 0 aliphatic carbocycles. The third-order valence-corrected chi connectivity index (χ3v) is 3.53. The maximum Gasteiger partial charge on any atom is 0.308 e. The molecule has 0 atom stereocenters. The van der Waals surface area contributed by atoms with E-state index in [0.29, 0.717) is 11.1 Å². The molecule has 116 valence electrons. The Morgan fingerprint density at radius 1 is 1.09 bits per heavy atom. The molecule has 1 aromatic carbocycles. The summed E-state index contributed by atoms with van der Waals surface area (Å²) in [5.41, 5.74) is 3.27. The molecule has 0 spiro atoms. The third kappa shape index (κ3) is 2.85. The second kappa shape index (κ2) is 5.68. The monoisotopic (exact) mass is 308 g/mol. The zero-order valence-electron chi connectivity index (χ0n) is 13.1. The molecule has 23 heavy (non-hydrogen) atoms. The fourth-order valence-corrected chi connectivity index (χ4v) is 2.48. The Kier molecular flexibility index (Phi) is 3.70. The second-order valence-electron chi connectivity index (χ2n) is 5.52. The van der Waals surface area contributed by atoms with E-state index in [1.165, 1.54) is 6.92 Å². The molecule has 0 unspecified atom stereocenters.